The summed E-state index contributed by atoms with van der Waals surface area (Å²) >= 11 is 0. The molecule has 374 valence electrons. The second kappa shape index (κ2) is 49.8. The molecule has 0 saturated carbocycles. The van der Waals surface area contributed by atoms with Gasteiger partial charge in [-0.1, -0.05) is 279 Å². The topological polar surface area (TPSA) is 78.9 Å². The van der Waals surface area contributed by atoms with Gasteiger partial charge in [0, 0.05) is 19.3 Å². The van der Waals surface area contributed by atoms with Crippen LogP contribution in [0.1, 0.15) is 317 Å². The third-order valence-corrected chi connectivity index (χ3v) is 13.0. The maximum Gasteiger partial charge on any atom is 0.306 e. The molecule has 0 aliphatic carbocycles. The van der Waals surface area contributed by atoms with E-state index in [0.717, 1.165) is 69.6 Å². The molecule has 6 nitrogen and oxygen atoms in total. The molecule has 63 heavy (non-hydrogen) atoms. The summed E-state index contributed by atoms with van der Waals surface area (Å²) in [5.41, 5.74) is 0. The lowest BCUT2D eigenvalue weighted by atomic mass is 10.0. The Kier molecular flexibility index (Phi) is 48.6. The lowest BCUT2D eigenvalue weighted by Crippen LogP contribution is -2.30. The summed E-state index contributed by atoms with van der Waals surface area (Å²) in [6.45, 7) is 11.4. The van der Waals surface area contributed by atoms with Crippen LogP contribution in [0.3, 0.4) is 0 Å². The molecular weight excluding hydrogens is 781 g/mol. The third kappa shape index (κ3) is 51.3. The van der Waals surface area contributed by atoms with Crippen molar-refractivity contribution >= 4 is 17.9 Å². The van der Waals surface area contributed by atoms with Crippen molar-refractivity contribution in [2.75, 3.05) is 13.2 Å². The van der Waals surface area contributed by atoms with E-state index in [4.69, 9.17) is 14.2 Å². The lowest BCUT2D eigenvalue weighted by molar-refractivity contribution is -0.167. The van der Waals surface area contributed by atoms with Gasteiger partial charge in [-0.2, -0.15) is 0 Å². The lowest BCUT2D eigenvalue weighted by Gasteiger charge is -2.18. The molecule has 6 heteroatoms. The second-order valence-corrected chi connectivity index (χ2v) is 20.5. The van der Waals surface area contributed by atoms with Crippen LogP contribution in [0, 0.1) is 11.8 Å². The van der Waals surface area contributed by atoms with Gasteiger partial charge in [0.05, 0.1) is 0 Å². The van der Waals surface area contributed by atoms with Crippen LogP contribution in [0.5, 0.6) is 0 Å². The van der Waals surface area contributed by atoms with Crippen molar-refractivity contribution in [3.8, 4) is 0 Å². The van der Waals surface area contributed by atoms with Gasteiger partial charge in [0.2, 0.25) is 0 Å². The minimum absolute atomic E-state index is 0.0628. The molecule has 0 aromatic rings. The van der Waals surface area contributed by atoms with Gasteiger partial charge < -0.3 is 14.2 Å². The van der Waals surface area contributed by atoms with Crippen LogP contribution in [-0.2, 0) is 28.6 Å². The highest BCUT2D eigenvalue weighted by Gasteiger charge is 2.19. The van der Waals surface area contributed by atoms with Gasteiger partial charge in [-0.25, -0.2) is 0 Å². The molecule has 0 radical (unpaired) electrons. The maximum absolute atomic E-state index is 12.8. The minimum Gasteiger partial charge on any atom is -0.462 e. The fourth-order valence-electron chi connectivity index (χ4n) is 8.70. The normalized spacial score (nSPS) is 12.0. The first-order chi connectivity index (χ1) is 30.7. The van der Waals surface area contributed by atoms with Gasteiger partial charge in [-0.05, 0) is 31.1 Å². The molecule has 0 unspecified atom stereocenters. The highest BCUT2D eigenvalue weighted by atomic mass is 16.6. The van der Waals surface area contributed by atoms with Crippen molar-refractivity contribution in [1.29, 1.82) is 0 Å². The molecule has 1 atom stereocenters. The Morgan fingerprint density at radius 1 is 0.302 bits per heavy atom. The van der Waals surface area contributed by atoms with Crippen molar-refractivity contribution in [1.82, 2.24) is 0 Å². The van der Waals surface area contributed by atoms with Crippen molar-refractivity contribution in [2.24, 2.45) is 11.8 Å². The summed E-state index contributed by atoms with van der Waals surface area (Å²) in [7, 11) is 0. The average molecular weight is 892 g/mol. The zero-order chi connectivity index (χ0) is 46.1. The Bertz CT molecular complexity index is 962. The highest BCUT2D eigenvalue weighted by molar-refractivity contribution is 5.71. The van der Waals surface area contributed by atoms with Gasteiger partial charge >= 0.3 is 17.9 Å². The van der Waals surface area contributed by atoms with E-state index in [1.54, 1.807) is 0 Å². The van der Waals surface area contributed by atoms with E-state index < -0.39 is 6.10 Å². The number of hydrogen-bond acceptors (Lipinski definition) is 6. The average Bonchev–Trinajstić information content (AvgIpc) is 3.25. The van der Waals surface area contributed by atoms with Crippen LogP contribution in [-0.4, -0.2) is 37.2 Å². The number of unbranched alkanes of at least 4 members (excludes halogenated alkanes) is 36. The predicted octanol–water partition coefficient (Wildman–Crippen LogP) is 18.5. The number of rotatable bonds is 51. The van der Waals surface area contributed by atoms with E-state index in [-0.39, 0.29) is 31.1 Å². The molecule has 0 heterocycles. The van der Waals surface area contributed by atoms with Crippen molar-refractivity contribution in [3.63, 3.8) is 0 Å². The molecule has 0 aliphatic rings. The molecular formula is C57H110O6. The molecule has 0 aromatic heterocycles. The van der Waals surface area contributed by atoms with E-state index in [1.165, 1.54) is 205 Å². The quantitative estimate of drug-likeness (QED) is 0.0344. The summed E-state index contributed by atoms with van der Waals surface area (Å²) < 4.78 is 16.9. The van der Waals surface area contributed by atoms with Crippen LogP contribution in [0.25, 0.3) is 0 Å². The molecule has 0 saturated heterocycles. The van der Waals surface area contributed by atoms with E-state index in [1.807, 2.05) is 0 Å². The molecule has 0 aliphatic heterocycles. The molecule has 0 amide bonds. The van der Waals surface area contributed by atoms with Crippen LogP contribution in [0.15, 0.2) is 0 Å². The van der Waals surface area contributed by atoms with Gasteiger partial charge in [0.25, 0.3) is 0 Å². The summed E-state index contributed by atoms with van der Waals surface area (Å²) in [6.07, 6.45) is 52.3. The summed E-state index contributed by atoms with van der Waals surface area (Å²) in [5.74, 6) is 0.843. The molecule has 0 spiro atoms. The summed E-state index contributed by atoms with van der Waals surface area (Å²) in [4.78, 5) is 38.1. The zero-order valence-corrected chi connectivity index (χ0v) is 43.2. The van der Waals surface area contributed by atoms with Crippen LogP contribution < -0.4 is 0 Å². The van der Waals surface area contributed by atoms with Crippen LogP contribution in [0.2, 0.25) is 0 Å². The number of carbonyl (C=O) groups is 3. The third-order valence-electron chi connectivity index (χ3n) is 13.0. The molecule has 0 aromatic carbocycles. The highest BCUT2D eigenvalue weighted by Crippen LogP contribution is 2.18. The minimum atomic E-state index is -0.762. The Hall–Kier alpha value is -1.59. The van der Waals surface area contributed by atoms with Gasteiger partial charge in [-0.3, -0.25) is 14.4 Å². The Balaban J connectivity index is 4.29. The summed E-state index contributed by atoms with van der Waals surface area (Å²) in [6, 6.07) is 0. The summed E-state index contributed by atoms with van der Waals surface area (Å²) in [5, 5.41) is 0. The fraction of sp³-hybridized carbons (Fsp3) is 0.947. The van der Waals surface area contributed by atoms with Crippen molar-refractivity contribution < 1.29 is 28.6 Å². The largest absolute Gasteiger partial charge is 0.462 e. The molecule has 0 bridgehead atoms. The van der Waals surface area contributed by atoms with Crippen molar-refractivity contribution in [2.45, 2.75) is 323 Å². The molecule has 0 fully saturated rings. The number of esters is 3. The Morgan fingerprint density at radius 2 is 0.524 bits per heavy atom. The van der Waals surface area contributed by atoms with E-state index in [0.29, 0.717) is 19.3 Å². The first-order valence-corrected chi connectivity index (χ1v) is 28.2. The maximum atomic E-state index is 12.8. The van der Waals surface area contributed by atoms with Crippen LogP contribution >= 0.6 is 0 Å². The number of carbonyl (C=O) groups excluding carboxylic acids is 3. The first-order valence-electron chi connectivity index (χ1n) is 28.2. The second-order valence-electron chi connectivity index (χ2n) is 20.5. The fourth-order valence-corrected chi connectivity index (χ4v) is 8.70. The van der Waals surface area contributed by atoms with Crippen LogP contribution in [0.4, 0.5) is 0 Å². The Morgan fingerprint density at radius 3 is 0.778 bits per heavy atom. The zero-order valence-electron chi connectivity index (χ0n) is 43.2. The van der Waals surface area contributed by atoms with Gasteiger partial charge in [0.15, 0.2) is 6.10 Å². The first kappa shape index (κ1) is 61.4. The van der Waals surface area contributed by atoms with E-state index in [2.05, 4.69) is 34.6 Å². The van der Waals surface area contributed by atoms with E-state index in [9.17, 15) is 14.4 Å². The molecule has 0 rings (SSSR count). The predicted molar refractivity (Wildman–Crippen MR) is 270 cm³/mol. The SMILES string of the molecule is CCCCCCCCCCCCCCC(=O)OC[C@H](COC(=O)CCCCCCCCCCCCCCCC(C)C)OC(=O)CCCCCCCCCCCCCCCCC(C)C. The number of ether oxygens (including phenoxy) is 3. The monoisotopic (exact) mass is 891 g/mol. The standard InChI is InChI=1S/C57H110O6/c1-6-7-8-9-10-11-12-22-27-32-37-42-47-55(58)61-50-54(51-62-56(59)48-43-38-33-28-23-19-15-17-21-26-31-36-41-46-53(4)5)63-57(60)49-44-39-34-29-24-18-14-13-16-20-25-30-35-40-45-52(2)3/h52-54H,6-51H2,1-5H3/t54-/m1/s1. The van der Waals surface area contributed by atoms with Gasteiger partial charge in [0.1, 0.15) is 13.2 Å². The van der Waals surface area contributed by atoms with E-state index >= 15 is 0 Å². The Labute approximate surface area is 393 Å². The number of hydrogen-bond donors (Lipinski definition) is 0. The molecule has 0 N–H and O–H groups in total. The van der Waals surface area contributed by atoms with Crippen molar-refractivity contribution in [3.05, 3.63) is 0 Å². The smallest absolute Gasteiger partial charge is 0.306 e. The van der Waals surface area contributed by atoms with Gasteiger partial charge in [-0.15, -0.1) is 0 Å².